The van der Waals surface area contributed by atoms with Crippen molar-refractivity contribution in [1.82, 2.24) is 4.98 Å². The first-order chi connectivity index (χ1) is 9.65. The molecular formula is C14H15NO5. The molecule has 20 heavy (non-hydrogen) atoms. The largest absolute Gasteiger partial charge is 0.494 e. The molecule has 0 unspecified atom stereocenters. The molecule has 1 heterocycles. The third-order valence-corrected chi connectivity index (χ3v) is 2.49. The van der Waals surface area contributed by atoms with Crippen LogP contribution >= 0.6 is 0 Å². The van der Waals surface area contributed by atoms with E-state index in [9.17, 15) is 4.79 Å². The molecule has 0 spiro atoms. The number of carbonyl (C=O) groups is 1. The Bertz CT molecular complexity index is 588. The smallest absolute Gasteiger partial charge is 0.362 e. The number of carboxylic acids is 1. The van der Waals surface area contributed by atoms with Gasteiger partial charge >= 0.3 is 11.9 Å². The fraction of sp³-hybridized carbons (Fsp3) is 0.286. The van der Waals surface area contributed by atoms with Gasteiger partial charge in [0.2, 0.25) is 11.6 Å². The van der Waals surface area contributed by atoms with Crippen molar-refractivity contribution in [3.05, 3.63) is 30.0 Å². The number of ether oxygens (including phenoxy) is 2. The van der Waals surface area contributed by atoms with Gasteiger partial charge in [-0.1, -0.05) is 0 Å². The molecule has 2 rings (SSSR count). The first-order valence-corrected chi connectivity index (χ1v) is 6.25. The normalized spacial score (nSPS) is 10.3. The van der Waals surface area contributed by atoms with Crippen LogP contribution in [0.1, 0.15) is 24.3 Å². The van der Waals surface area contributed by atoms with Gasteiger partial charge in [0, 0.05) is 5.56 Å². The number of aromatic nitrogens is 1. The predicted octanol–water partition coefficient (Wildman–Crippen LogP) is 2.84. The van der Waals surface area contributed by atoms with Gasteiger partial charge in [0.25, 0.3) is 0 Å². The average Bonchev–Trinajstić information content (AvgIpc) is 2.85. The molecular weight excluding hydrogens is 262 g/mol. The fourth-order valence-corrected chi connectivity index (χ4v) is 1.65. The summed E-state index contributed by atoms with van der Waals surface area (Å²) in [5, 5.41) is 9.04. The Morgan fingerprint density at radius 3 is 2.40 bits per heavy atom. The summed E-state index contributed by atoms with van der Waals surface area (Å²) in [5.41, 5.74) is 0.428. The van der Waals surface area contributed by atoms with Crippen LogP contribution in [0.15, 0.2) is 28.7 Å². The van der Waals surface area contributed by atoms with Gasteiger partial charge in [-0.25, -0.2) is 4.79 Å². The Balaban J connectivity index is 2.32. The highest BCUT2D eigenvalue weighted by Crippen LogP contribution is 2.28. The van der Waals surface area contributed by atoms with Crippen molar-refractivity contribution in [2.24, 2.45) is 0 Å². The van der Waals surface area contributed by atoms with Gasteiger partial charge in [-0.3, -0.25) is 0 Å². The summed E-state index contributed by atoms with van der Waals surface area (Å²) in [6.07, 6.45) is 0. The van der Waals surface area contributed by atoms with Crippen molar-refractivity contribution in [3.63, 3.8) is 0 Å². The van der Waals surface area contributed by atoms with Crippen LogP contribution < -0.4 is 9.47 Å². The number of aromatic carboxylic acids is 1. The highest BCUT2D eigenvalue weighted by atomic mass is 16.6. The molecule has 0 aliphatic carbocycles. The van der Waals surface area contributed by atoms with Crippen LogP contribution in [-0.4, -0.2) is 29.3 Å². The monoisotopic (exact) mass is 277 g/mol. The zero-order valence-corrected chi connectivity index (χ0v) is 11.3. The summed E-state index contributed by atoms with van der Waals surface area (Å²) in [4.78, 5) is 15.0. The molecule has 106 valence electrons. The maximum Gasteiger partial charge on any atom is 0.362 e. The Kier molecular flexibility index (Phi) is 4.24. The molecule has 0 radical (unpaired) electrons. The molecule has 0 saturated heterocycles. The molecule has 0 amide bonds. The fourth-order valence-electron chi connectivity index (χ4n) is 1.65. The van der Waals surface area contributed by atoms with Gasteiger partial charge in [0.05, 0.1) is 13.2 Å². The molecule has 6 heteroatoms. The number of nitrogens with zero attached hydrogens (tertiary/aromatic N) is 1. The SMILES string of the molecule is CCOc1ccc(-c2nc(C(=O)O)c(OCC)o2)cc1. The van der Waals surface area contributed by atoms with Crippen LogP contribution in [0.2, 0.25) is 0 Å². The first kappa shape index (κ1) is 13.9. The summed E-state index contributed by atoms with van der Waals surface area (Å²) >= 11 is 0. The quantitative estimate of drug-likeness (QED) is 0.874. The van der Waals surface area contributed by atoms with Gasteiger partial charge < -0.3 is 19.0 Å². The van der Waals surface area contributed by atoms with Crippen LogP contribution in [0, 0.1) is 0 Å². The maximum atomic E-state index is 11.1. The number of hydrogen-bond acceptors (Lipinski definition) is 5. The van der Waals surface area contributed by atoms with Gasteiger partial charge in [0.1, 0.15) is 5.75 Å². The Hall–Kier alpha value is -2.50. The minimum Gasteiger partial charge on any atom is -0.494 e. The molecule has 2 aromatic rings. The highest BCUT2D eigenvalue weighted by Gasteiger charge is 2.21. The van der Waals surface area contributed by atoms with Crippen LogP contribution in [0.5, 0.6) is 11.7 Å². The molecule has 0 bridgehead atoms. The van der Waals surface area contributed by atoms with Crippen molar-refractivity contribution in [1.29, 1.82) is 0 Å². The molecule has 1 aromatic carbocycles. The van der Waals surface area contributed by atoms with Crippen LogP contribution in [0.4, 0.5) is 0 Å². The molecule has 0 aliphatic rings. The minimum atomic E-state index is -1.19. The third-order valence-electron chi connectivity index (χ3n) is 2.49. The number of hydrogen-bond donors (Lipinski definition) is 1. The van der Waals surface area contributed by atoms with Crippen molar-refractivity contribution < 1.29 is 23.8 Å². The van der Waals surface area contributed by atoms with Crippen LogP contribution in [0.3, 0.4) is 0 Å². The van der Waals surface area contributed by atoms with E-state index in [2.05, 4.69) is 4.98 Å². The van der Waals surface area contributed by atoms with E-state index in [1.165, 1.54) is 0 Å². The van der Waals surface area contributed by atoms with E-state index in [0.717, 1.165) is 5.75 Å². The van der Waals surface area contributed by atoms with Crippen molar-refractivity contribution in [2.75, 3.05) is 13.2 Å². The second kappa shape index (κ2) is 6.10. The minimum absolute atomic E-state index is 0.0797. The highest BCUT2D eigenvalue weighted by molar-refractivity contribution is 5.88. The molecule has 6 nitrogen and oxygen atoms in total. The molecule has 0 saturated carbocycles. The van der Waals surface area contributed by atoms with Crippen molar-refractivity contribution in [2.45, 2.75) is 13.8 Å². The molecule has 1 N–H and O–H groups in total. The first-order valence-electron chi connectivity index (χ1n) is 6.25. The summed E-state index contributed by atoms with van der Waals surface area (Å²) in [6, 6.07) is 7.03. The van der Waals surface area contributed by atoms with Gasteiger partial charge in [-0.2, -0.15) is 4.98 Å². The lowest BCUT2D eigenvalue weighted by Crippen LogP contribution is -2.01. The summed E-state index contributed by atoms with van der Waals surface area (Å²) in [6.45, 7) is 4.52. The lowest BCUT2D eigenvalue weighted by Gasteiger charge is -2.02. The van der Waals surface area contributed by atoms with Crippen LogP contribution in [-0.2, 0) is 0 Å². The maximum absolute atomic E-state index is 11.1. The van der Waals surface area contributed by atoms with E-state index in [4.69, 9.17) is 19.0 Å². The Morgan fingerprint density at radius 1 is 1.20 bits per heavy atom. The van der Waals surface area contributed by atoms with E-state index < -0.39 is 5.97 Å². The summed E-state index contributed by atoms with van der Waals surface area (Å²) in [5.74, 6) is -0.335. The summed E-state index contributed by atoms with van der Waals surface area (Å²) in [7, 11) is 0. The van der Waals surface area contributed by atoms with Gasteiger partial charge in [0.15, 0.2) is 0 Å². The zero-order valence-electron chi connectivity index (χ0n) is 11.3. The summed E-state index contributed by atoms with van der Waals surface area (Å²) < 4.78 is 15.8. The molecule has 0 fully saturated rings. The predicted molar refractivity (Wildman–Crippen MR) is 71.2 cm³/mol. The average molecular weight is 277 g/mol. The molecule has 0 aliphatic heterocycles. The standard InChI is InChI=1S/C14H15NO5/c1-3-18-10-7-5-9(6-8-10)12-15-11(13(16)17)14(20-12)19-4-2/h5-8H,3-4H2,1-2H3,(H,16,17). The Morgan fingerprint density at radius 2 is 1.85 bits per heavy atom. The second-order valence-corrected chi connectivity index (χ2v) is 3.85. The Labute approximate surface area is 116 Å². The third kappa shape index (κ3) is 2.90. The van der Waals surface area contributed by atoms with E-state index in [1.807, 2.05) is 6.92 Å². The van der Waals surface area contributed by atoms with Crippen molar-refractivity contribution >= 4 is 5.97 Å². The topological polar surface area (TPSA) is 81.8 Å². The number of carboxylic acid groups (broad SMARTS) is 1. The van der Waals surface area contributed by atoms with Gasteiger partial charge in [-0.05, 0) is 38.1 Å². The van der Waals surface area contributed by atoms with E-state index in [-0.39, 0.29) is 17.5 Å². The van der Waals surface area contributed by atoms with E-state index in [0.29, 0.717) is 18.8 Å². The number of oxazole rings is 1. The van der Waals surface area contributed by atoms with Gasteiger partial charge in [-0.15, -0.1) is 0 Å². The van der Waals surface area contributed by atoms with Crippen LogP contribution in [0.25, 0.3) is 11.5 Å². The molecule has 1 aromatic heterocycles. The number of rotatable bonds is 6. The molecule has 0 atom stereocenters. The van der Waals surface area contributed by atoms with E-state index in [1.54, 1.807) is 31.2 Å². The van der Waals surface area contributed by atoms with E-state index >= 15 is 0 Å². The zero-order chi connectivity index (χ0) is 14.5. The number of benzene rings is 1. The second-order valence-electron chi connectivity index (χ2n) is 3.85. The van der Waals surface area contributed by atoms with Crippen molar-refractivity contribution in [3.8, 4) is 23.1 Å². The lowest BCUT2D eigenvalue weighted by atomic mass is 10.2. The lowest BCUT2D eigenvalue weighted by molar-refractivity contribution is 0.0683.